The Morgan fingerprint density at radius 2 is 1.67 bits per heavy atom. The number of fused-ring (bicyclic) bond motifs is 2. The molecule has 1 aliphatic heterocycles. The molecule has 0 radical (unpaired) electrons. The molecule has 0 fully saturated rings. The topological polar surface area (TPSA) is 64.8 Å². The van der Waals surface area contributed by atoms with Gasteiger partial charge in [-0.15, -0.1) is 0 Å². The van der Waals surface area contributed by atoms with Crippen LogP contribution in [0.1, 0.15) is 22.3 Å². The maximum Gasteiger partial charge on any atom is 0.231 e. The van der Waals surface area contributed by atoms with Gasteiger partial charge in [0.05, 0.1) is 5.56 Å². The van der Waals surface area contributed by atoms with Crippen LogP contribution in [0.4, 0.5) is 5.69 Å². The van der Waals surface area contributed by atoms with Crippen molar-refractivity contribution < 1.29 is 22.2 Å². The first-order valence-corrected chi connectivity index (χ1v) is 6.72. The molecule has 21 heavy (non-hydrogen) atoms. The average molecular weight is 303 g/mol. The van der Waals surface area contributed by atoms with Gasteiger partial charge in [-0.25, -0.2) is 0 Å². The fraction of sp³-hybridized carbons (Fsp3) is 0.235. The third-order valence-electron chi connectivity index (χ3n) is 4.34. The highest BCUT2D eigenvalue weighted by atomic mass is 35.5. The van der Waals surface area contributed by atoms with Crippen molar-refractivity contribution in [3.05, 3.63) is 45.8 Å². The molecular formula is C17H19ClN2O. The van der Waals surface area contributed by atoms with Crippen molar-refractivity contribution in [3.8, 4) is 11.3 Å². The van der Waals surface area contributed by atoms with Crippen LogP contribution in [0.25, 0.3) is 22.3 Å². The van der Waals surface area contributed by atoms with Crippen molar-refractivity contribution in [2.45, 2.75) is 27.7 Å². The SMILES string of the molecule is Cc1ccc2cc3c(=[NH2+])c(N)c(C)c(C)c-3oc2c1C.[Cl-]. The van der Waals surface area contributed by atoms with E-state index in [1.807, 2.05) is 13.8 Å². The number of benzene rings is 2. The van der Waals surface area contributed by atoms with E-state index in [1.54, 1.807) is 0 Å². The second-order valence-corrected chi connectivity index (χ2v) is 5.49. The molecule has 0 saturated heterocycles. The normalized spacial score (nSPS) is 10.9. The van der Waals surface area contributed by atoms with E-state index >= 15 is 0 Å². The molecule has 3 nitrogen and oxygen atoms in total. The Morgan fingerprint density at radius 3 is 2.33 bits per heavy atom. The van der Waals surface area contributed by atoms with Gasteiger partial charge in [0.15, 0.2) is 0 Å². The van der Waals surface area contributed by atoms with Crippen LogP contribution >= 0.6 is 0 Å². The Labute approximate surface area is 130 Å². The van der Waals surface area contributed by atoms with E-state index in [-0.39, 0.29) is 12.4 Å². The maximum absolute atomic E-state index is 6.17. The van der Waals surface area contributed by atoms with Gasteiger partial charge in [-0.1, -0.05) is 12.1 Å². The minimum absolute atomic E-state index is 0. The summed E-state index contributed by atoms with van der Waals surface area (Å²) in [6, 6.07) is 6.23. The molecule has 0 aromatic heterocycles. The zero-order valence-electron chi connectivity index (χ0n) is 12.7. The molecule has 2 aliphatic rings. The predicted molar refractivity (Wildman–Crippen MR) is 81.3 cm³/mol. The molecule has 0 atom stereocenters. The van der Waals surface area contributed by atoms with E-state index in [2.05, 4.69) is 32.0 Å². The van der Waals surface area contributed by atoms with Gasteiger partial charge in [0, 0.05) is 5.39 Å². The smallest absolute Gasteiger partial charge is 0.231 e. The molecule has 0 spiro atoms. The Balaban J connectivity index is 0.00000161. The Kier molecular flexibility index (Phi) is 3.72. The first-order valence-electron chi connectivity index (χ1n) is 6.72. The van der Waals surface area contributed by atoms with Crippen molar-refractivity contribution in [2.75, 3.05) is 5.73 Å². The summed E-state index contributed by atoms with van der Waals surface area (Å²) in [6.07, 6.45) is 0. The minimum Gasteiger partial charge on any atom is -1.00 e. The zero-order valence-corrected chi connectivity index (χ0v) is 13.4. The Morgan fingerprint density at radius 1 is 1.00 bits per heavy atom. The molecule has 1 heterocycles. The number of nitrogen functional groups attached to an aromatic ring is 1. The van der Waals surface area contributed by atoms with E-state index in [9.17, 15) is 0 Å². The van der Waals surface area contributed by atoms with Crippen LogP contribution in [-0.4, -0.2) is 0 Å². The largest absolute Gasteiger partial charge is 1.00 e. The van der Waals surface area contributed by atoms with Crippen molar-refractivity contribution >= 4 is 16.7 Å². The number of halogens is 1. The quantitative estimate of drug-likeness (QED) is 0.414. The number of nitrogens with two attached hydrogens (primary N) is 2. The zero-order chi connectivity index (χ0) is 14.6. The number of hydrogen-bond donors (Lipinski definition) is 2. The van der Waals surface area contributed by atoms with E-state index in [4.69, 9.17) is 15.6 Å². The molecule has 0 unspecified atom stereocenters. The molecule has 0 bridgehead atoms. The molecular weight excluding hydrogens is 284 g/mol. The molecule has 1 aromatic carbocycles. The highest BCUT2D eigenvalue weighted by Gasteiger charge is 2.20. The second kappa shape index (κ2) is 5.08. The molecule has 1 aliphatic carbocycles. The summed E-state index contributed by atoms with van der Waals surface area (Å²) >= 11 is 0. The van der Waals surface area contributed by atoms with Crippen LogP contribution in [0.2, 0.25) is 0 Å². The average Bonchev–Trinajstić information content (AvgIpc) is 2.45. The third kappa shape index (κ3) is 2.09. The van der Waals surface area contributed by atoms with Crippen LogP contribution in [-0.2, 0) is 0 Å². The Bertz CT molecular complexity index is 880. The Hall–Kier alpha value is -2.00. The lowest BCUT2D eigenvalue weighted by atomic mass is 9.96. The first kappa shape index (κ1) is 15.4. The molecule has 110 valence electrons. The molecule has 0 saturated carbocycles. The van der Waals surface area contributed by atoms with Crippen molar-refractivity contribution in [3.63, 3.8) is 0 Å². The molecule has 3 rings (SSSR count). The van der Waals surface area contributed by atoms with Gasteiger partial charge in [-0.3, -0.25) is 5.41 Å². The summed E-state index contributed by atoms with van der Waals surface area (Å²) in [5, 5.41) is 7.82. The molecule has 4 N–H and O–H groups in total. The standard InChI is InChI=1S/C17H18N2O.ClH/c1-8-5-6-12-7-13-15(19)14(18)10(3)11(4)17(13)20-16(12)9(8)2;/h5-7,19H,18H2,1-4H3;1H. The van der Waals surface area contributed by atoms with Crippen LogP contribution in [0.15, 0.2) is 22.6 Å². The number of aryl methyl sites for hydroxylation is 2. The number of anilines is 1. The van der Waals surface area contributed by atoms with Gasteiger partial charge in [-0.2, -0.15) is 0 Å². The lowest BCUT2D eigenvalue weighted by Gasteiger charge is -2.14. The monoisotopic (exact) mass is 302 g/mol. The second-order valence-electron chi connectivity index (χ2n) is 5.49. The fourth-order valence-electron chi connectivity index (χ4n) is 2.64. The molecule has 0 amide bonds. The summed E-state index contributed by atoms with van der Waals surface area (Å²) in [5.41, 5.74) is 13.0. The highest BCUT2D eigenvalue weighted by Crippen LogP contribution is 2.33. The summed E-state index contributed by atoms with van der Waals surface area (Å²) in [7, 11) is 0. The number of rotatable bonds is 0. The summed E-state index contributed by atoms with van der Waals surface area (Å²) in [5.74, 6) is 0.829. The van der Waals surface area contributed by atoms with Crippen LogP contribution in [0.5, 0.6) is 0 Å². The van der Waals surface area contributed by atoms with Crippen molar-refractivity contribution in [1.29, 1.82) is 0 Å². The van der Waals surface area contributed by atoms with Crippen LogP contribution < -0.4 is 28.9 Å². The molecule has 1 aromatic rings. The van der Waals surface area contributed by atoms with Crippen molar-refractivity contribution in [2.24, 2.45) is 0 Å². The van der Waals surface area contributed by atoms with Gasteiger partial charge in [-0.05, 0) is 56.0 Å². The predicted octanol–water partition coefficient (Wildman–Crippen LogP) is -0.983. The summed E-state index contributed by atoms with van der Waals surface area (Å²) in [6.45, 7) is 8.16. The maximum atomic E-state index is 6.17. The highest BCUT2D eigenvalue weighted by molar-refractivity contribution is 5.87. The minimum atomic E-state index is 0. The molecule has 4 heteroatoms. The number of hydrogen-bond acceptors (Lipinski definition) is 2. The summed E-state index contributed by atoms with van der Waals surface area (Å²) < 4.78 is 6.17. The van der Waals surface area contributed by atoms with E-state index < -0.39 is 0 Å². The van der Waals surface area contributed by atoms with Gasteiger partial charge in [0.25, 0.3) is 0 Å². The van der Waals surface area contributed by atoms with E-state index in [0.717, 1.165) is 39.0 Å². The lowest BCUT2D eigenvalue weighted by Crippen LogP contribution is -3.00. The van der Waals surface area contributed by atoms with Gasteiger partial charge in [0.1, 0.15) is 17.0 Å². The first-order chi connectivity index (χ1) is 9.41. The summed E-state index contributed by atoms with van der Waals surface area (Å²) in [4.78, 5) is 0. The van der Waals surface area contributed by atoms with Crippen molar-refractivity contribution in [1.82, 2.24) is 0 Å². The fourth-order valence-corrected chi connectivity index (χ4v) is 2.64. The lowest BCUT2D eigenvalue weighted by molar-refractivity contribution is -0.170. The van der Waals surface area contributed by atoms with Gasteiger partial charge < -0.3 is 22.6 Å². The van der Waals surface area contributed by atoms with E-state index in [1.165, 1.54) is 5.56 Å². The van der Waals surface area contributed by atoms with Crippen LogP contribution in [0, 0.1) is 27.7 Å². The van der Waals surface area contributed by atoms with Crippen LogP contribution in [0.3, 0.4) is 0 Å². The third-order valence-corrected chi connectivity index (χ3v) is 4.34. The van der Waals surface area contributed by atoms with Gasteiger partial charge in [0.2, 0.25) is 5.36 Å². The van der Waals surface area contributed by atoms with Gasteiger partial charge >= 0.3 is 0 Å². The van der Waals surface area contributed by atoms with E-state index in [0.29, 0.717) is 11.0 Å².